The number of nitriles is 1. The molecule has 7 nitrogen and oxygen atoms in total. The highest BCUT2D eigenvalue weighted by molar-refractivity contribution is 7.16. The van der Waals surface area contributed by atoms with Crippen LogP contribution >= 0.6 is 22.9 Å². The molecule has 142 valence electrons. The standard InChI is InChI=1S/C18H20N4O3S2/c1-9-4-5-11-12(7-19)16(26-13(11)6-9)21-14(23)8-25-18(24)15-10(2)22-27-17(15)20-3/h9,20H,4-6,8H2,1-3H3,(H,21,23). The van der Waals surface area contributed by atoms with E-state index in [2.05, 4.69) is 28.0 Å². The van der Waals surface area contributed by atoms with Crippen molar-refractivity contribution in [2.45, 2.75) is 33.1 Å². The Morgan fingerprint density at radius 1 is 1.41 bits per heavy atom. The van der Waals surface area contributed by atoms with Crippen LogP contribution in [0.1, 0.15) is 45.4 Å². The number of carbonyl (C=O) groups excluding carboxylic acids is 2. The van der Waals surface area contributed by atoms with Gasteiger partial charge in [0.1, 0.15) is 21.6 Å². The zero-order valence-electron chi connectivity index (χ0n) is 15.3. The summed E-state index contributed by atoms with van der Waals surface area (Å²) >= 11 is 2.61. The minimum Gasteiger partial charge on any atom is -0.452 e. The van der Waals surface area contributed by atoms with Gasteiger partial charge in [-0.15, -0.1) is 11.3 Å². The maximum absolute atomic E-state index is 12.3. The molecule has 0 fully saturated rings. The smallest absolute Gasteiger partial charge is 0.343 e. The fraction of sp³-hybridized carbons (Fsp3) is 0.444. The zero-order valence-corrected chi connectivity index (χ0v) is 17.0. The Morgan fingerprint density at radius 2 is 2.19 bits per heavy atom. The number of rotatable bonds is 5. The Hall–Kier alpha value is -2.44. The number of hydrogen-bond acceptors (Lipinski definition) is 8. The largest absolute Gasteiger partial charge is 0.452 e. The molecule has 1 amide bonds. The van der Waals surface area contributed by atoms with E-state index >= 15 is 0 Å². The lowest BCUT2D eigenvalue weighted by atomic mass is 9.89. The molecule has 2 heterocycles. The fourth-order valence-corrected chi connectivity index (χ4v) is 5.21. The van der Waals surface area contributed by atoms with Gasteiger partial charge in [-0.3, -0.25) is 4.79 Å². The van der Waals surface area contributed by atoms with E-state index in [-0.39, 0.29) is 0 Å². The van der Waals surface area contributed by atoms with E-state index in [1.807, 2.05) is 0 Å². The number of aromatic nitrogens is 1. The van der Waals surface area contributed by atoms with Gasteiger partial charge in [-0.05, 0) is 49.2 Å². The zero-order chi connectivity index (χ0) is 19.6. The van der Waals surface area contributed by atoms with Crippen molar-refractivity contribution in [2.75, 3.05) is 24.3 Å². The van der Waals surface area contributed by atoms with Crippen molar-refractivity contribution in [1.82, 2.24) is 4.37 Å². The highest BCUT2D eigenvalue weighted by atomic mass is 32.1. The SMILES string of the molecule is CNc1snc(C)c1C(=O)OCC(=O)Nc1sc2c(c1C#N)CCC(C)C2. The molecule has 27 heavy (non-hydrogen) atoms. The molecular weight excluding hydrogens is 384 g/mol. The molecule has 0 aromatic carbocycles. The van der Waals surface area contributed by atoms with Gasteiger partial charge in [-0.25, -0.2) is 4.79 Å². The predicted octanol–water partition coefficient (Wildman–Crippen LogP) is 3.35. The van der Waals surface area contributed by atoms with E-state index in [0.717, 1.165) is 41.2 Å². The molecule has 2 aromatic rings. The number of carbonyl (C=O) groups is 2. The average molecular weight is 405 g/mol. The van der Waals surface area contributed by atoms with Crippen LogP contribution in [0.4, 0.5) is 10.0 Å². The lowest BCUT2D eigenvalue weighted by Gasteiger charge is -2.17. The minimum atomic E-state index is -0.597. The second kappa shape index (κ2) is 8.06. The molecule has 1 unspecified atom stereocenters. The van der Waals surface area contributed by atoms with Gasteiger partial charge in [-0.2, -0.15) is 9.64 Å². The summed E-state index contributed by atoms with van der Waals surface area (Å²) in [6.45, 7) is 3.48. The van der Waals surface area contributed by atoms with Crippen molar-refractivity contribution in [3.8, 4) is 6.07 Å². The summed E-state index contributed by atoms with van der Waals surface area (Å²) < 4.78 is 9.25. The van der Waals surface area contributed by atoms with E-state index in [9.17, 15) is 14.9 Å². The second-order valence-electron chi connectivity index (χ2n) is 6.51. The van der Waals surface area contributed by atoms with Crippen molar-refractivity contribution in [2.24, 2.45) is 5.92 Å². The third-order valence-electron chi connectivity index (χ3n) is 4.50. The first-order chi connectivity index (χ1) is 12.9. The number of aryl methyl sites for hydroxylation is 1. The molecule has 0 spiro atoms. The third-order valence-corrected chi connectivity index (χ3v) is 6.63. The maximum atomic E-state index is 12.3. The van der Waals surface area contributed by atoms with Crippen LogP contribution in [-0.4, -0.2) is 29.9 Å². The monoisotopic (exact) mass is 404 g/mol. The number of nitrogens with zero attached hydrogens (tertiary/aromatic N) is 2. The van der Waals surface area contributed by atoms with E-state index < -0.39 is 18.5 Å². The first-order valence-corrected chi connectivity index (χ1v) is 10.2. The number of thiophene rings is 1. The maximum Gasteiger partial charge on any atom is 0.343 e. The van der Waals surface area contributed by atoms with Crippen LogP contribution in [0, 0.1) is 24.2 Å². The van der Waals surface area contributed by atoms with Crippen molar-refractivity contribution in [3.63, 3.8) is 0 Å². The highest BCUT2D eigenvalue weighted by Crippen LogP contribution is 2.39. The third kappa shape index (κ3) is 3.96. The summed E-state index contributed by atoms with van der Waals surface area (Å²) in [5.41, 5.74) is 2.48. The summed E-state index contributed by atoms with van der Waals surface area (Å²) in [7, 11) is 1.69. The van der Waals surface area contributed by atoms with Crippen LogP contribution in [0.3, 0.4) is 0 Å². The van der Waals surface area contributed by atoms with Gasteiger partial charge in [0.15, 0.2) is 6.61 Å². The van der Waals surface area contributed by atoms with Crippen LogP contribution in [0.25, 0.3) is 0 Å². The topological polar surface area (TPSA) is 104 Å². The Morgan fingerprint density at radius 3 is 2.89 bits per heavy atom. The van der Waals surface area contributed by atoms with Crippen molar-refractivity contribution in [1.29, 1.82) is 5.26 Å². The quantitative estimate of drug-likeness (QED) is 0.741. The molecule has 2 aromatic heterocycles. The van der Waals surface area contributed by atoms with E-state index in [0.29, 0.717) is 32.7 Å². The number of ether oxygens (including phenoxy) is 1. The number of fused-ring (bicyclic) bond motifs is 1. The van der Waals surface area contributed by atoms with E-state index in [1.54, 1.807) is 14.0 Å². The van der Waals surface area contributed by atoms with E-state index in [1.165, 1.54) is 11.3 Å². The summed E-state index contributed by atoms with van der Waals surface area (Å²) in [4.78, 5) is 25.7. The number of amides is 1. The van der Waals surface area contributed by atoms with Gasteiger partial charge >= 0.3 is 5.97 Å². The summed E-state index contributed by atoms with van der Waals surface area (Å²) in [6, 6.07) is 2.21. The van der Waals surface area contributed by atoms with Crippen LogP contribution in [0.15, 0.2) is 0 Å². The van der Waals surface area contributed by atoms with Crippen LogP contribution < -0.4 is 10.6 Å². The van der Waals surface area contributed by atoms with Crippen LogP contribution in [-0.2, 0) is 22.4 Å². The summed E-state index contributed by atoms with van der Waals surface area (Å²) in [6.07, 6.45) is 2.83. The number of anilines is 2. The van der Waals surface area contributed by atoms with Crippen molar-refractivity contribution in [3.05, 3.63) is 27.3 Å². The number of esters is 1. The van der Waals surface area contributed by atoms with Crippen molar-refractivity contribution < 1.29 is 14.3 Å². The van der Waals surface area contributed by atoms with Gasteiger partial charge in [0, 0.05) is 11.9 Å². The fourth-order valence-electron chi connectivity index (χ4n) is 3.10. The number of nitrogens with one attached hydrogen (secondary N) is 2. The van der Waals surface area contributed by atoms with E-state index in [4.69, 9.17) is 4.74 Å². The Labute approximate surface area is 165 Å². The first kappa shape index (κ1) is 19.3. The predicted molar refractivity (Wildman–Crippen MR) is 106 cm³/mol. The van der Waals surface area contributed by atoms with Gasteiger partial charge in [0.2, 0.25) is 0 Å². The summed E-state index contributed by atoms with van der Waals surface area (Å²) in [5.74, 6) is -0.477. The first-order valence-electron chi connectivity index (χ1n) is 8.60. The molecule has 0 bridgehead atoms. The Balaban J connectivity index is 1.66. The molecule has 9 heteroatoms. The minimum absolute atomic E-state index is 0.341. The van der Waals surface area contributed by atoms with Crippen LogP contribution in [0.2, 0.25) is 0 Å². The molecular formula is C18H20N4O3S2. The molecule has 1 atom stereocenters. The lowest BCUT2D eigenvalue weighted by Crippen LogP contribution is -2.21. The molecule has 0 saturated carbocycles. The molecule has 0 aliphatic heterocycles. The molecule has 0 saturated heterocycles. The number of hydrogen-bond donors (Lipinski definition) is 2. The molecule has 3 rings (SSSR count). The van der Waals surface area contributed by atoms with Gasteiger partial charge in [0.25, 0.3) is 5.91 Å². The van der Waals surface area contributed by atoms with Crippen molar-refractivity contribution >= 4 is 44.7 Å². The van der Waals surface area contributed by atoms with Gasteiger partial charge in [-0.1, -0.05) is 6.92 Å². The van der Waals surface area contributed by atoms with Gasteiger partial charge in [0.05, 0.1) is 11.3 Å². The Bertz CT molecular complexity index is 926. The average Bonchev–Trinajstić information content (AvgIpc) is 3.18. The molecule has 1 aliphatic rings. The van der Waals surface area contributed by atoms with Gasteiger partial charge < -0.3 is 15.4 Å². The summed E-state index contributed by atoms with van der Waals surface area (Å²) in [5, 5.41) is 16.2. The van der Waals surface area contributed by atoms with Crippen LogP contribution in [0.5, 0.6) is 0 Å². The Kier molecular flexibility index (Phi) is 5.77. The highest BCUT2D eigenvalue weighted by Gasteiger charge is 2.25. The molecule has 1 aliphatic carbocycles. The molecule has 0 radical (unpaired) electrons. The molecule has 2 N–H and O–H groups in total. The normalized spacial score (nSPS) is 15.6. The lowest BCUT2D eigenvalue weighted by molar-refractivity contribution is -0.119. The second-order valence-corrected chi connectivity index (χ2v) is 8.39.